The number of nitrogens with one attached hydrogen (secondary N) is 3. The van der Waals surface area contributed by atoms with Gasteiger partial charge in [0.1, 0.15) is 5.92 Å². The Bertz CT molecular complexity index is 1320. The van der Waals surface area contributed by atoms with Crippen LogP contribution in [-0.2, 0) is 9.53 Å². The maximum absolute atomic E-state index is 13.8. The number of benzene rings is 3. The zero-order valence-corrected chi connectivity index (χ0v) is 21.3. The number of amides is 1. The lowest BCUT2D eigenvalue weighted by Gasteiger charge is -2.44. The number of hydrogen-bond donors (Lipinski definition) is 4. The molecule has 3 aromatic rings. The smallest absolute Gasteiger partial charge is 0.338 e. The highest BCUT2D eigenvalue weighted by molar-refractivity contribution is 7.80. The van der Waals surface area contributed by atoms with Gasteiger partial charge in [-0.1, -0.05) is 54.1 Å². The van der Waals surface area contributed by atoms with Crippen LogP contribution in [0.1, 0.15) is 39.2 Å². The summed E-state index contributed by atoms with van der Waals surface area (Å²) in [5.74, 6) is -3.18. The van der Waals surface area contributed by atoms with Crippen LogP contribution >= 0.6 is 23.8 Å². The average molecular weight is 538 g/mol. The number of anilines is 1. The van der Waals surface area contributed by atoms with Crippen molar-refractivity contribution in [3.8, 4) is 0 Å². The van der Waals surface area contributed by atoms with Crippen LogP contribution in [0.4, 0.5) is 5.69 Å². The second-order valence-corrected chi connectivity index (χ2v) is 9.20. The normalized spacial score (nSPS) is 20.8. The SMILES string of the molecule is CCOC(=O)c1ccc(NC(=O)C2(O)NC(=S)NC(c3ccc(Cl)cc3)C2C(=O)c2ccccc2)cc1. The minimum absolute atomic E-state index is 0.00706. The maximum Gasteiger partial charge on any atom is 0.338 e. The molecule has 190 valence electrons. The number of carbonyl (C=O) groups excluding carboxylic acids is 3. The predicted molar refractivity (Wildman–Crippen MR) is 143 cm³/mol. The number of Topliss-reactive ketones (excluding diaryl/α,β-unsaturated/α-hetero) is 1. The van der Waals surface area contributed by atoms with E-state index in [2.05, 4.69) is 16.0 Å². The van der Waals surface area contributed by atoms with Crippen molar-refractivity contribution in [3.63, 3.8) is 0 Å². The largest absolute Gasteiger partial charge is 0.462 e. The average Bonchev–Trinajstić information content (AvgIpc) is 2.89. The molecular formula is C27H24ClN3O5S. The van der Waals surface area contributed by atoms with E-state index in [0.29, 0.717) is 27.4 Å². The van der Waals surface area contributed by atoms with E-state index in [-0.39, 0.29) is 11.7 Å². The molecule has 10 heteroatoms. The van der Waals surface area contributed by atoms with Gasteiger partial charge in [0.25, 0.3) is 5.91 Å². The first kappa shape index (κ1) is 26.3. The maximum atomic E-state index is 13.8. The molecule has 3 atom stereocenters. The van der Waals surface area contributed by atoms with Gasteiger partial charge in [-0.3, -0.25) is 9.59 Å². The van der Waals surface area contributed by atoms with Crippen LogP contribution < -0.4 is 16.0 Å². The highest BCUT2D eigenvalue weighted by Crippen LogP contribution is 2.37. The monoisotopic (exact) mass is 537 g/mol. The first-order chi connectivity index (χ1) is 17.7. The summed E-state index contributed by atoms with van der Waals surface area (Å²) in [6.07, 6.45) is 0. The predicted octanol–water partition coefficient (Wildman–Crippen LogP) is 3.86. The van der Waals surface area contributed by atoms with Crippen molar-refractivity contribution in [2.45, 2.75) is 18.7 Å². The van der Waals surface area contributed by atoms with Gasteiger partial charge < -0.3 is 25.8 Å². The van der Waals surface area contributed by atoms with Gasteiger partial charge in [0.2, 0.25) is 5.72 Å². The molecule has 1 fully saturated rings. The van der Waals surface area contributed by atoms with Gasteiger partial charge in [0, 0.05) is 16.3 Å². The van der Waals surface area contributed by atoms with Crippen LogP contribution in [0.15, 0.2) is 78.9 Å². The minimum Gasteiger partial charge on any atom is -0.462 e. The zero-order valence-electron chi connectivity index (χ0n) is 19.7. The van der Waals surface area contributed by atoms with Gasteiger partial charge in [0.05, 0.1) is 18.2 Å². The third-order valence-electron chi connectivity index (χ3n) is 5.94. The molecule has 4 rings (SSSR count). The van der Waals surface area contributed by atoms with E-state index in [4.69, 9.17) is 28.6 Å². The Morgan fingerprint density at radius 1 is 1.00 bits per heavy atom. The fourth-order valence-corrected chi connectivity index (χ4v) is 4.56. The second-order valence-electron chi connectivity index (χ2n) is 8.35. The summed E-state index contributed by atoms with van der Waals surface area (Å²) in [5, 5.41) is 20.5. The molecule has 0 aliphatic carbocycles. The summed E-state index contributed by atoms with van der Waals surface area (Å²) in [4.78, 5) is 39.3. The van der Waals surface area contributed by atoms with Crippen LogP contribution in [0.25, 0.3) is 0 Å². The number of hydrogen-bond acceptors (Lipinski definition) is 6. The summed E-state index contributed by atoms with van der Waals surface area (Å²) >= 11 is 11.4. The molecule has 37 heavy (non-hydrogen) atoms. The van der Waals surface area contributed by atoms with Crippen molar-refractivity contribution in [1.82, 2.24) is 10.6 Å². The highest BCUT2D eigenvalue weighted by atomic mass is 35.5. The minimum atomic E-state index is -2.42. The van der Waals surface area contributed by atoms with Crippen molar-refractivity contribution in [3.05, 3.63) is 101 Å². The van der Waals surface area contributed by atoms with Crippen LogP contribution in [0.2, 0.25) is 5.02 Å². The van der Waals surface area contributed by atoms with Crippen molar-refractivity contribution in [2.75, 3.05) is 11.9 Å². The molecule has 1 heterocycles. The van der Waals surface area contributed by atoms with Crippen LogP contribution in [-0.4, -0.2) is 40.2 Å². The Hall–Kier alpha value is -3.79. The molecule has 3 unspecified atom stereocenters. The van der Waals surface area contributed by atoms with Crippen LogP contribution in [0, 0.1) is 5.92 Å². The van der Waals surface area contributed by atoms with Gasteiger partial charge >= 0.3 is 5.97 Å². The van der Waals surface area contributed by atoms with E-state index in [1.54, 1.807) is 61.5 Å². The molecule has 1 aliphatic heterocycles. The van der Waals surface area contributed by atoms with Gasteiger partial charge in [-0.2, -0.15) is 0 Å². The Labute approximate surface area is 224 Å². The Morgan fingerprint density at radius 3 is 2.27 bits per heavy atom. The number of aliphatic hydroxyl groups is 1. The first-order valence-electron chi connectivity index (χ1n) is 11.5. The van der Waals surface area contributed by atoms with Crippen LogP contribution in [0.3, 0.4) is 0 Å². The molecule has 0 spiro atoms. The molecule has 0 aromatic heterocycles. The lowest BCUT2D eigenvalue weighted by atomic mass is 9.77. The molecule has 1 saturated heterocycles. The summed E-state index contributed by atoms with van der Waals surface area (Å²) < 4.78 is 4.97. The van der Waals surface area contributed by atoms with Gasteiger partial charge in [0.15, 0.2) is 10.9 Å². The number of esters is 1. The number of ketones is 1. The Balaban J connectivity index is 1.70. The van der Waals surface area contributed by atoms with E-state index in [1.165, 1.54) is 24.3 Å². The quantitative estimate of drug-likeness (QED) is 0.204. The fourth-order valence-electron chi connectivity index (χ4n) is 4.15. The summed E-state index contributed by atoms with van der Waals surface area (Å²) in [7, 11) is 0. The van der Waals surface area contributed by atoms with Gasteiger partial charge in [-0.05, 0) is 61.1 Å². The fraction of sp³-hybridized carbons (Fsp3) is 0.185. The van der Waals surface area contributed by atoms with E-state index in [1.807, 2.05) is 0 Å². The zero-order chi connectivity index (χ0) is 26.6. The number of carbonyl (C=O) groups is 3. The summed E-state index contributed by atoms with van der Waals surface area (Å²) in [5.41, 5.74) is -0.897. The van der Waals surface area contributed by atoms with Crippen molar-refractivity contribution >= 4 is 52.3 Å². The van der Waals surface area contributed by atoms with E-state index >= 15 is 0 Å². The van der Waals surface area contributed by atoms with Gasteiger partial charge in [-0.15, -0.1) is 0 Å². The van der Waals surface area contributed by atoms with Gasteiger partial charge in [-0.25, -0.2) is 4.79 Å². The third-order valence-corrected chi connectivity index (χ3v) is 6.42. The standard InChI is InChI=1S/C27H24ClN3O5S/c1-2-36-24(33)18-10-14-20(15-11-18)29-25(34)27(35)21(23(32)17-6-4-3-5-7-17)22(30-26(37)31-27)16-8-12-19(28)13-9-16/h3-15,21-22,35H,2H2,1H3,(H,29,34)(H2,30,31,37). The first-order valence-corrected chi connectivity index (χ1v) is 12.3. The number of halogens is 1. The lowest BCUT2D eigenvalue weighted by molar-refractivity contribution is -0.143. The molecule has 3 aromatic carbocycles. The van der Waals surface area contributed by atoms with Crippen molar-refractivity contribution in [1.29, 1.82) is 0 Å². The highest BCUT2D eigenvalue weighted by Gasteiger charge is 2.55. The third kappa shape index (κ3) is 5.64. The van der Waals surface area contributed by atoms with Crippen molar-refractivity contribution < 1.29 is 24.2 Å². The molecular weight excluding hydrogens is 514 g/mol. The van der Waals surface area contributed by atoms with Crippen LogP contribution in [0.5, 0.6) is 0 Å². The summed E-state index contributed by atoms with van der Waals surface area (Å²) in [6.45, 7) is 1.93. The van der Waals surface area contributed by atoms with Crippen molar-refractivity contribution in [2.24, 2.45) is 5.92 Å². The molecule has 0 saturated carbocycles. The molecule has 4 N–H and O–H groups in total. The topological polar surface area (TPSA) is 117 Å². The Kier molecular flexibility index (Phi) is 7.87. The second kappa shape index (κ2) is 11.1. The number of ether oxygens (including phenoxy) is 1. The molecule has 1 amide bonds. The van der Waals surface area contributed by atoms with E-state index < -0.39 is 35.3 Å². The molecule has 0 radical (unpaired) electrons. The molecule has 0 bridgehead atoms. The van der Waals surface area contributed by atoms with E-state index in [9.17, 15) is 19.5 Å². The van der Waals surface area contributed by atoms with E-state index in [0.717, 1.165) is 0 Å². The number of thiocarbonyl (C=S) groups is 1. The molecule has 1 aliphatic rings. The molecule has 8 nitrogen and oxygen atoms in total. The summed E-state index contributed by atoms with van der Waals surface area (Å²) in [6, 6.07) is 20.2. The number of rotatable bonds is 7. The Morgan fingerprint density at radius 2 is 1.65 bits per heavy atom. The lowest BCUT2D eigenvalue weighted by Crippen LogP contribution is -2.71.